The van der Waals surface area contributed by atoms with Gasteiger partial charge in [0.1, 0.15) is 17.1 Å². The molecule has 0 aliphatic rings. The fraction of sp³-hybridized carbons (Fsp3) is 0.348. The van der Waals surface area contributed by atoms with Crippen LogP contribution in [0.2, 0.25) is 0 Å². The van der Waals surface area contributed by atoms with Crippen LogP contribution in [0.25, 0.3) is 11.0 Å². The minimum Gasteiger partial charge on any atom is -0.494 e. The van der Waals surface area contributed by atoms with E-state index in [0.29, 0.717) is 34.8 Å². The molecule has 3 rings (SSSR count). The summed E-state index contributed by atoms with van der Waals surface area (Å²) < 4.78 is 11.7. The number of fused-ring (bicyclic) bond motifs is 1. The van der Waals surface area contributed by atoms with Crippen LogP contribution in [0.4, 0.5) is 5.69 Å². The van der Waals surface area contributed by atoms with E-state index in [9.17, 15) is 4.79 Å². The van der Waals surface area contributed by atoms with Gasteiger partial charge in [-0.3, -0.25) is 4.79 Å². The molecule has 1 heterocycles. The Morgan fingerprint density at radius 1 is 1.11 bits per heavy atom. The molecule has 0 aliphatic carbocycles. The third-order valence-corrected chi connectivity index (χ3v) is 4.50. The van der Waals surface area contributed by atoms with Gasteiger partial charge in [-0.1, -0.05) is 34.1 Å². The van der Waals surface area contributed by atoms with E-state index in [0.717, 1.165) is 24.0 Å². The Bertz CT molecular complexity index is 946. The molecule has 0 spiro atoms. The molecule has 0 unspecified atom stereocenters. The highest BCUT2D eigenvalue weighted by molar-refractivity contribution is 6.17. The van der Waals surface area contributed by atoms with Crippen LogP contribution in [0.5, 0.6) is 5.75 Å². The van der Waals surface area contributed by atoms with Crippen molar-refractivity contribution in [2.75, 3.05) is 12.3 Å². The number of unbranched alkanes of at least 4 members (excludes halogenated alkanes) is 1. The molecule has 3 aromatic rings. The first kappa shape index (κ1) is 19.0. The number of hydrogen-bond acceptors (Lipinski definition) is 4. The van der Waals surface area contributed by atoms with Crippen molar-refractivity contribution in [2.24, 2.45) is 0 Å². The minimum atomic E-state index is -0.304. The van der Waals surface area contributed by atoms with Gasteiger partial charge in [0.2, 0.25) is 0 Å². The smallest absolute Gasteiger partial charge is 0.197 e. The van der Waals surface area contributed by atoms with E-state index in [1.165, 1.54) is 0 Å². The van der Waals surface area contributed by atoms with Crippen LogP contribution < -0.4 is 10.5 Å². The monoisotopic (exact) mass is 365 g/mol. The summed E-state index contributed by atoms with van der Waals surface area (Å²) in [5, 5.41) is 0.758. The van der Waals surface area contributed by atoms with Crippen molar-refractivity contribution in [3.05, 3.63) is 59.4 Å². The highest BCUT2D eigenvalue weighted by atomic mass is 16.5. The Balaban J connectivity index is 2.01. The molecule has 0 saturated carbocycles. The largest absolute Gasteiger partial charge is 0.494 e. The van der Waals surface area contributed by atoms with Crippen molar-refractivity contribution in [2.45, 2.75) is 46.0 Å². The molecule has 0 aliphatic heterocycles. The third kappa shape index (κ3) is 4.00. The van der Waals surface area contributed by atoms with Crippen LogP contribution >= 0.6 is 0 Å². The summed E-state index contributed by atoms with van der Waals surface area (Å²) in [6.45, 7) is 8.92. The second-order valence-electron chi connectivity index (χ2n) is 7.87. The van der Waals surface area contributed by atoms with Crippen LogP contribution in [0, 0.1) is 0 Å². The van der Waals surface area contributed by atoms with Crippen molar-refractivity contribution in [1.29, 1.82) is 0 Å². The number of ketones is 1. The van der Waals surface area contributed by atoms with Gasteiger partial charge >= 0.3 is 0 Å². The molecule has 2 aromatic carbocycles. The van der Waals surface area contributed by atoms with Gasteiger partial charge in [0.05, 0.1) is 12.2 Å². The quantitative estimate of drug-likeness (QED) is 0.344. The van der Waals surface area contributed by atoms with Crippen LogP contribution in [0.1, 0.15) is 62.2 Å². The number of furan rings is 1. The lowest BCUT2D eigenvalue weighted by Crippen LogP contribution is -2.15. The number of rotatable bonds is 6. The second-order valence-corrected chi connectivity index (χ2v) is 7.87. The molecule has 0 atom stereocenters. The Kier molecular flexibility index (Phi) is 5.26. The lowest BCUT2D eigenvalue weighted by atomic mass is 9.87. The maximum absolute atomic E-state index is 13.3. The Hall–Kier alpha value is -2.75. The highest BCUT2D eigenvalue weighted by Gasteiger charge is 2.29. The molecular formula is C23H27NO3. The summed E-state index contributed by atoms with van der Waals surface area (Å²) in [4.78, 5) is 13.3. The molecule has 4 nitrogen and oxygen atoms in total. The van der Waals surface area contributed by atoms with Crippen LogP contribution in [-0.4, -0.2) is 12.4 Å². The maximum Gasteiger partial charge on any atom is 0.197 e. The average Bonchev–Trinajstić information content (AvgIpc) is 3.01. The van der Waals surface area contributed by atoms with E-state index in [1.807, 2.05) is 45.0 Å². The number of ether oxygens (including phenoxy) is 1. The van der Waals surface area contributed by atoms with Gasteiger partial charge in [0.15, 0.2) is 5.78 Å². The van der Waals surface area contributed by atoms with Crippen molar-refractivity contribution in [1.82, 2.24) is 0 Å². The van der Waals surface area contributed by atoms with Crippen LogP contribution in [0.15, 0.2) is 46.9 Å². The molecule has 0 bridgehead atoms. The molecule has 27 heavy (non-hydrogen) atoms. The number of hydrogen-bond donors (Lipinski definition) is 1. The first-order chi connectivity index (χ1) is 12.8. The maximum atomic E-state index is 13.3. The zero-order valence-corrected chi connectivity index (χ0v) is 16.5. The topological polar surface area (TPSA) is 65.5 Å². The normalized spacial score (nSPS) is 11.7. The van der Waals surface area contributed by atoms with E-state index >= 15 is 0 Å². The summed E-state index contributed by atoms with van der Waals surface area (Å²) in [6.07, 6.45) is 2.10. The zero-order valence-electron chi connectivity index (χ0n) is 16.5. The van der Waals surface area contributed by atoms with Gasteiger partial charge in [-0.15, -0.1) is 0 Å². The molecule has 4 heteroatoms. The number of carbonyl (C=O) groups excluding carboxylic acids is 1. The van der Waals surface area contributed by atoms with Gasteiger partial charge in [-0.2, -0.15) is 0 Å². The summed E-state index contributed by atoms with van der Waals surface area (Å²) >= 11 is 0. The lowest BCUT2D eigenvalue weighted by molar-refractivity contribution is 0.103. The minimum absolute atomic E-state index is 0.0654. The van der Waals surface area contributed by atoms with E-state index in [4.69, 9.17) is 14.9 Å². The summed E-state index contributed by atoms with van der Waals surface area (Å²) in [5.74, 6) is 1.39. The lowest BCUT2D eigenvalue weighted by Gasteiger charge is -2.17. The SMILES string of the molecule is CCCCOc1ccc(C(=O)c2c(C(C)(C)C)oc3ccc(N)cc23)cc1. The van der Waals surface area contributed by atoms with Crippen molar-refractivity contribution in [3.63, 3.8) is 0 Å². The van der Waals surface area contributed by atoms with Gasteiger partial charge in [0, 0.05) is 22.1 Å². The van der Waals surface area contributed by atoms with Gasteiger partial charge in [-0.05, 0) is 48.9 Å². The van der Waals surface area contributed by atoms with Gasteiger partial charge in [0.25, 0.3) is 0 Å². The first-order valence-electron chi connectivity index (χ1n) is 9.41. The van der Waals surface area contributed by atoms with Crippen molar-refractivity contribution < 1.29 is 13.9 Å². The van der Waals surface area contributed by atoms with Crippen molar-refractivity contribution >= 4 is 22.4 Å². The summed E-state index contributed by atoms with van der Waals surface area (Å²) in [7, 11) is 0. The Morgan fingerprint density at radius 2 is 1.81 bits per heavy atom. The summed E-state index contributed by atoms with van der Waals surface area (Å²) in [5.41, 5.74) is 8.13. The molecule has 0 amide bonds. The predicted molar refractivity (Wildman–Crippen MR) is 110 cm³/mol. The first-order valence-corrected chi connectivity index (χ1v) is 9.41. The fourth-order valence-corrected chi connectivity index (χ4v) is 3.05. The van der Waals surface area contributed by atoms with Crippen LogP contribution in [0.3, 0.4) is 0 Å². The van der Waals surface area contributed by atoms with E-state index in [2.05, 4.69) is 6.92 Å². The molecule has 1 aromatic heterocycles. The van der Waals surface area contributed by atoms with E-state index < -0.39 is 0 Å². The molecule has 0 radical (unpaired) electrons. The van der Waals surface area contributed by atoms with E-state index in [-0.39, 0.29) is 11.2 Å². The number of carbonyl (C=O) groups is 1. The van der Waals surface area contributed by atoms with Crippen LogP contribution in [-0.2, 0) is 5.41 Å². The second kappa shape index (κ2) is 7.47. The zero-order chi connectivity index (χ0) is 19.6. The van der Waals surface area contributed by atoms with Gasteiger partial charge in [-0.25, -0.2) is 0 Å². The third-order valence-electron chi connectivity index (χ3n) is 4.50. The summed E-state index contributed by atoms with van der Waals surface area (Å²) in [6, 6.07) is 12.7. The number of nitrogen functional groups attached to an aromatic ring is 1. The highest BCUT2D eigenvalue weighted by Crippen LogP contribution is 2.36. The Morgan fingerprint density at radius 3 is 2.44 bits per heavy atom. The fourth-order valence-electron chi connectivity index (χ4n) is 3.05. The molecule has 0 saturated heterocycles. The average molecular weight is 365 g/mol. The Labute approximate surface area is 160 Å². The number of benzene rings is 2. The molecule has 142 valence electrons. The van der Waals surface area contributed by atoms with E-state index in [1.54, 1.807) is 18.2 Å². The number of nitrogens with two attached hydrogens (primary N) is 1. The molecule has 0 fully saturated rings. The predicted octanol–water partition coefficient (Wildman–Crippen LogP) is 5.72. The van der Waals surface area contributed by atoms with Crippen molar-refractivity contribution in [3.8, 4) is 5.75 Å². The molecule has 2 N–H and O–H groups in total. The molecular weight excluding hydrogens is 338 g/mol. The standard InChI is InChI=1S/C23H27NO3/c1-5-6-13-26-17-10-7-15(8-11-17)21(25)20-18-14-16(24)9-12-19(18)27-22(20)23(2,3)4/h7-12,14H,5-6,13,24H2,1-4H3. The number of anilines is 1. The van der Waals surface area contributed by atoms with Gasteiger partial charge < -0.3 is 14.9 Å².